The van der Waals surface area contributed by atoms with Gasteiger partial charge in [0.05, 0.1) is 6.61 Å². The predicted octanol–water partition coefficient (Wildman–Crippen LogP) is -1.30. The standard InChI is InChI=1S/C9H14N4O4/c14-5-6(8(15)16)13-9(17)12-2-1-7-10-3-4-11-7/h3-4,6,14H,1-2,5H2,(H,10,11)(H,15,16)(H2,12,13,17)/t6-/m0/s1. The summed E-state index contributed by atoms with van der Waals surface area (Å²) in [4.78, 5) is 28.5. The lowest BCUT2D eigenvalue weighted by molar-refractivity contribution is -0.140. The van der Waals surface area contributed by atoms with Gasteiger partial charge in [-0.05, 0) is 0 Å². The molecule has 8 heteroatoms. The molecule has 1 heterocycles. The van der Waals surface area contributed by atoms with E-state index in [2.05, 4.69) is 20.6 Å². The lowest BCUT2D eigenvalue weighted by Gasteiger charge is -2.12. The van der Waals surface area contributed by atoms with Gasteiger partial charge in [-0.25, -0.2) is 14.6 Å². The molecule has 0 aliphatic rings. The van der Waals surface area contributed by atoms with Crippen molar-refractivity contribution in [3.8, 4) is 0 Å². The third kappa shape index (κ3) is 4.51. The quantitative estimate of drug-likeness (QED) is 0.423. The zero-order valence-electron chi connectivity index (χ0n) is 9.01. The first-order valence-electron chi connectivity index (χ1n) is 4.99. The molecule has 5 N–H and O–H groups in total. The zero-order chi connectivity index (χ0) is 12.7. The van der Waals surface area contributed by atoms with E-state index in [1.165, 1.54) is 0 Å². The first kappa shape index (κ1) is 13.0. The Morgan fingerprint density at radius 1 is 1.53 bits per heavy atom. The van der Waals surface area contributed by atoms with Crippen molar-refractivity contribution in [2.24, 2.45) is 0 Å². The molecule has 0 saturated carbocycles. The lowest BCUT2D eigenvalue weighted by Crippen LogP contribution is -2.48. The number of aromatic nitrogens is 2. The second-order valence-electron chi connectivity index (χ2n) is 3.26. The van der Waals surface area contributed by atoms with Crippen LogP contribution in [0.4, 0.5) is 4.79 Å². The number of imidazole rings is 1. The predicted molar refractivity (Wildman–Crippen MR) is 57.3 cm³/mol. The molecular weight excluding hydrogens is 228 g/mol. The third-order valence-electron chi connectivity index (χ3n) is 1.99. The van der Waals surface area contributed by atoms with E-state index < -0.39 is 24.6 Å². The molecule has 0 unspecified atom stereocenters. The van der Waals surface area contributed by atoms with Crippen LogP contribution in [0.15, 0.2) is 12.4 Å². The lowest BCUT2D eigenvalue weighted by atomic mass is 10.3. The number of carboxylic acids is 1. The van der Waals surface area contributed by atoms with Crippen LogP contribution in [0.1, 0.15) is 5.82 Å². The molecule has 1 aromatic heterocycles. The summed E-state index contributed by atoms with van der Waals surface area (Å²) >= 11 is 0. The van der Waals surface area contributed by atoms with Gasteiger partial charge in [-0.1, -0.05) is 0 Å². The Labute approximate surface area is 97.1 Å². The number of aliphatic carboxylic acids is 1. The molecule has 0 fully saturated rings. The number of carboxylic acid groups (broad SMARTS) is 1. The average molecular weight is 242 g/mol. The van der Waals surface area contributed by atoms with Crippen LogP contribution in [0.5, 0.6) is 0 Å². The minimum Gasteiger partial charge on any atom is -0.480 e. The highest BCUT2D eigenvalue weighted by atomic mass is 16.4. The number of rotatable bonds is 6. The van der Waals surface area contributed by atoms with Crippen LogP contribution in [0, 0.1) is 0 Å². The number of aliphatic hydroxyl groups is 1. The molecule has 17 heavy (non-hydrogen) atoms. The summed E-state index contributed by atoms with van der Waals surface area (Å²) < 4.78 is 0. The molecule has 0 spiro atoms. The van der Waals surface area contributed by atoms with E-state index in [9.17, 15) is 9.59 Å². The number of carbonyl (C=O) groups is 2. The van der Waals surface area contributed by atoms with Crippen molar-refractivity contribution < 1.29 is 19.8 Å². The molecule has 0 radical (unpaired) electrons. The molecule has 0 aliphatic carbocycles. The van der Waals surface area contributed by atoms with Crippen LogP contribution >= 0.6 is 0 Å². The maximum Gasteiger partial charge on any atom is 0.328 e. The van der Waals surface area contributed by atoms with Gasteiger partial charge in [-0.15, -0.1) is 0 Å². The highest BCUT2D eigenvalue weighted by molar-refractivity contribution is 5.82. The fraction of sp³-hybridized carbons (Fsp3) is 0.444. The molecule has 2 amide bonds. The van der Waals surface area contributed by atoms with E-state index in [1.54, 1.807) is 12.4 Å². The van der Waals surface area contributed by atoms with E-state index in [0.29, 0.717) is 13.0 Å². The fourth-order valence-electron chi connectivity index (χ4n) is 1.12. The van der Waals surface area contributed by atoms with Crippen LogP contribution in [-0.4, -0.2) is 51.4 Å². The number of aromatic amines is 1. The molecule has 8 nitrogen and oxygen atoms in total. The van der Waals surface area contributed by atoms with Gasteiger partial charge in [0.1, 0.15) is 5.82 Å². The number of hydrogen-bond donors (Lipinski definition) is 5. The highest BCUT2D eigenvalue weighted by Gasteiger charge is 2.18. The van der Waals surface area contributed by atoms with Crippen molar-refractivity contribution in [3.63, 3.8) is 0 Å². The van der Waals surface area contributed by atoms with Crippen LogP contribution in [0.3, 0.4) is 0 Å². The van der Waals surface area contributed by atoms with Crippen LogP contribution in [0.25, 0.3) is 0 Å². The van der Waals surface area contributed by atoms with Crippen LogP contribution in [0.2, 0.25) is 0 Å². The summed E-state index contributed by atoms with van der Waals surface area (Å²) in [6.07, 6.45) is 3.78. The molecule has 1 atom stereocenters. The van der Waals surface area contributed by atoms with Crippen molar-refractivity contribution in [3.05, 3.63) is 18.2 Å². The van der Waals surface area contributed by atoms with E-state index in [0.717, 1.165) is 5.82 Å². The van der Waals surface area contributed by atoms with Crippen LogP contribution in [-0.2, 0) is 11.2 Å². The van der Waals surface area contributed by atoms with E-state index in [1.807, 2.05) is 0 Å². The number of carbonyl (C=O) groups excluding carboxylic acids is 1. The van der Waals surface area contributed by atoms with Gasteiger partial charge in [0, 0.05) is 25.4 Å². The Morgan fingerprint density at radius 2 is 2.29 bits per heavy atom. The Kier molecular flexibility index (Phi) is 4.95. The van der Waals surface area contributed by atoms with Gasteiger partial charge in [-0.2, -0.15) is 0 Å². The Hall–Kier alpha value is -2.09. The maximum atomic E-state index is 11.2. The summed E-state index contributed by atoms with van der Waals surface area (Å²) in [6.45, 7) is -0.335. The highest BCUT2D eigenvalue weighted by Crippen LogP contribution is 1.88. The maximum absolute atomic E-state index is 11.2. The summed E-state index contributed by atoms with van der Waals surface area (Å²) in [5.41, 5.74) is 0. The van der Waals surface area contributed by atoms with Gasteiger partial charge in [0.25, 0.3) is 0 Å². The van der Waals surface area contributed by atoms with Gasteiger partial charge in [0.2, 0.25) is 0 Å². The van der Waals surface area contributed by atoms with Crippen LogP contribution < -0.4 is 10.6 Å². The molecule has 0 saturated heterocycles. The monoisotopic (exact) mass is 242 g/mol. The summed E-state index contributed by atoms with van der Waals surface area (Å²) in [5, 5.41) is 21.8. The molecule has 0 bridgehead atoms. The van der Waals surface area contributed by atoms with Gasteiger partial charge < -0.3 is 25.8 Å². The Morgan fingerprint density at radius 3 is 2.82 bits per heavy atom. The van der Waals surface area contributed by atoms with Crippen molar-refractivity contribution in [2.75, 3.05) is 13.2 Å². The molecule has 0 aliphatic heterocycles. The first-order valence-corrected chi connectivity index (χ1v) is 4.99. The first-order chi connectivity index (χ1) is 8.13. The number of amides is 2. The Balaban J connectivity index is 2.23. The number of H-pyrrole nitrogens is 1. The number of hydrogen-bond acceptors (Lipinski definition) is 4. The Bertz CT molecular complexity index is 365. The van der Waals surface area contributed by atoms with Crippen molar-refractivity contribution in [1.82, 2.24) is 20.6 Å². The van der Waals surface area contributed by atoms with E-state index in [-0.39, 0.29) is 0 Å². The molecule has 1 rings (SSSR count). The molecule has 94 valence electrons. The van der Waals surface area contributed by atoms with E-state index >= 15 is 0 Å². The SMILES string of the molecule is O=C(NCCc1ncc[nH]1)N[C@@H](CO)C(=O)O. The third-order valence-corrected chi connectivity index (χ3v) is 1.99. The normalized spacial score (nSPS) is 11.8. The van der Waals surface area contributed by atoms with Crippen molar-refractivity contribution >= 4 is 12.0 Å². The second kappa shape index (κ2) is 6.48. The van der Waals surface area contributed by atoms with Gasteiger partial charge >= 0.3 is 12.0 Å². The molecule has 1 aromatic rings. The molecule has 0 aromatic carbocycles. The number of nitrogens with one attached hydrogen (secondary N) is 3. The number of aliphatic hydroxyl groups excluding tert-OH is 1. The minimum absolute atomic E-state index is 0.317. The van der Waals surface area contributed by atoms with Crippen molar-refractivity contribution in [2.45, 2.75) is 12.5 Å². The smallest absolute Gasteiger partial charge is 0.328 e. The largest absolute Gasteiger partial charge is 0.480 e. The van der Waals surface area contributed by atoms with Gasteiger partial charge in [0.15, 0.2) is 6.04 Å². The van der Waals surface area contributed by atoms with E-state index in [4.69, 9.17) is 10.2 Å². The number of nitrogens with zero attached hydrogens (tertiary/aromatic N) is 1. The summed E-state index contributed by atoms with van der Waals surface area (Å²) in [6, 6.07) is -1.93. The number of urea groups is 1. The zero-order valence-corrected chi connectivity index (χ0v) is 9.01. The summed E-state index contributed by atoms with van der Waals surface area (Å²) in [7, 11) is 0. The topological polar surface area (TPSA) is 127 Å². The fourth-order valence-corrected chi connectivity index (χ4v) is 1.12. The summed E-state index contributed by atoms with van der Waals surface area (Å²) in [5.74, 6) is -0.559. The van der Waals surface area contributed by atoms with Crippen molar-refractivity contribution in [1.29, 1.82) is 0 Å². The second-order valence-corrected chi connectivity index (χ2v) is 3.26. The minimum atomic E-state index is -1.29. The molecular formula is C9H14N4O4. The average Bonchev–Trinajstić information content (AvgIpc) is 2.78. The van der Waals surface area contributed by atoms with Gasteiger partial charge in [-0.3, -0.25) is 0 Å².